The highest BCUT2D eigenvalue weighted by Crippen LogP contribution is 2.25. The number of ether oxygens (including phenoxy) is 1. The van der Waals surface area contributed by atoms with Gasteiger partial charge in [-0.2, -0.15) is 0 Å². The third-order valence-corrected chi connectivity index (χ3v) is 6.79. The molecule has 4 rings (SSSR count). The highest BCUT2D eigenvalue weighted by molar-refractivity contribution is 9.10. The zero-order chi connectivity index (χ0) is 26.4. The second kappa shape index (κ2) is 12.0. The van der Waals surface area contributed by atoms with Crippen molar-refractivity contribution in [3.63, 3.8) is 0 Å². The van der Waals surface area contributed by atoms with Crippen LogP contribution in [0.1, 0.15) is 41.6 Å². The number of benzene rings is 2. The van der Waals surface area contributed by atoms with E-state index in [0.29, 0.717) is 18.4 Å². The number of Topliss-reactive ketones (excluding diaryl/α,β-unsaturated/α-hetero) is 1. The van der Waals surface area contributed by atoms with Crippen molar-refractivity contribution in [1.82, 2.24) is 20.7 Å². The van der Waals surface area contributed by atoms with Crippen LogP contribution in [0.2, 0.25) is 0 Å². The Bertz CT molecular complexity index is 1170. The van der Waals surface area contributed by atoms with Crippen molar-refractivity contribution in [2.24, 2.45) is 0 Å². The molecular formula is C26H27BrN4O6. The highest BCUT2D eigenvalue weighted by Gasteiger charge is 2.44. The van der Waals surface area contributed by atoms with Crippen LogP contribution in [0.15, 0.2) is 59.1 Å². The molecule has 10 nitrogen and oxygen atoms in total. The van der Waals surface area contributed by atoms with Crippen LogP contribution in [0.4, 0.5) is 4.79 Å². The molecule has 2 aliphatic rings. The lowest BCUT2D eigenvalue weighted by atomic mass is 10.1. The summed E-state index contributed by atoms with van der Waals surface area (Å²) < 4.78 is 6.06. The van der Waals surface area contributed by atoms with Gasteiger partial charge in [0.15, 0.2) is 5.78 Å². The molecule has 37 heavy (non-hydrogen) atoms. The van der Waals surface area contributed by atoms with Crippen LogP contribution in [0.5, 0.6) is 0 Å². The summed E-state index contributed by atoms with van der Waals surface area (Å²) in [7, 11) is 0. The van der Waals surface area contributed by atoms with Crippen molar-refractivity contribution < 1.29 is 28.7 Å². The van der Waals surface area contributed by atoms with Crippen molar-refractivity contribution in [2.75, 3.05) is 13.1 Å². The van der Waals surface area contributed by atoms with Crippen molar-refractivity contribution in [1.29, 1.82) is 0 Å². The van der Waals surface area contributed by atoms with Crippen molar-refractivity contribution in [3.05, 3.63) is 70.2 Å². The number of carbonyl (C=O) groups is 5. The molecule has 4 amide bonds. The monoisotopic (exact) mass is 570 g/mol. The quantitative estimate of drug-likeness (QED) is 0.493. The van der Waals surface area contributed by atoms with Gasteiger partial charge in [-0.1, -0.05) is 58.4 Å². The third-order valence-electron chi connectivity index (χ3n) is 6.26. The molecule has 0 bridgehead atoms. The molecule has 0 radical (unpaired) electrons. The van der Waals surface area contributed by atoms with Crippen molar-refractivity contribution >= 4 is 45.5 Å². The van der Waals surface area contributed by atoms with E-state index in [1.807, 2.05) is 18.2 Å². The minimum atomic E-state index is -1.03. The summed E-state index contributed by atoms with van der Waals surface area (Å²) in [6, 6.07) is 13.8. The maximum absolute atomic E-state index is 13.5. The number of nitrogens with one attached hydrogen (secondary N) is 2. The lowest BCUT2D eigenvalue weighted by Crippen LogP contribution is -2.63. The number of hydrogen-bond acceptors (Lipinski definition) is 6. The fraction of sp³-hybridized carbons (Fsp3) is 0.346. The van der Waals surface area contributed by atoms with Crippen LogP contribution >= 0.6 is 15.9 Å². The van der Waals surface area contributed by atoms with Gasteiger partial charge in [-0.15, -0.1) is 0 Å². The van der Waals surface area contributed by atoms with E-state index in [9.17, 15) is 24.0 Å². The summed E-state index contributed by atoms with van der Waals surface area (Å²) in [5.41, 5.74) is 1.23. The zero-order valence-electron chi connectivity index (χ0n) is 20.0. The Kier molecular flexibility index (Phi) is 8.54. The summed E-state index contributed by atoms with van der Waals surface area (Å²) in [5.74, 6) is -1.70. The van der Waals surface area contributed by atoms with E-state index < -0.39 is 30.0 Å². The van der Waals surface area contributed by atoms with Gasteiger partial charge in [-0.25, -0.2) is 9.80 Å². The smallest absolute Gasteiger partial charge is 0.408 e. The van der Waals surface area contributed by atoms with Crippen LogP contribution in [-0.2, 0) is 25.7 Å². The summed E-state index contributed by atoms with van der Waals surface area (Å²) >= 11 is 3.31. The average molecular weight is 571 g/mol. The molecule has 2 N–H and O–H groups in total. The van der Waals surface area contributed by atoms with Gasteiger partial charge >= 0.3 is 6.09 Å². The van der Waals surface area contributed by atoms with Crippen LogP contribution in [-0.4, -0.2) is 64.8 Å². The molecule has 194 valence electrons. The van der Waals surface area contributed by atoms with Crippen LogP contribution < -0.4 is 10.6 Å². The van der Waals surface area contributed by atoms with E-state index in [-0.39, 0.29) is 44.2 Å². The molecule has 0 unspecified atom stereocenters. The van der Waals surface area contributed by atoms with Crippen LogP contribution in [0, 0.1) is 0 Å². The first-order valence-electron chi connectivity index (χ1n) is 12.0. The van der Waals surface area contributed by atoms with E-state index >= 15 is 0 Å². The van der Waals surface area contributed by atoms with E-state index in [2.05, 4.69) is 26.6 Å². The molecule has 11 heteroatoms. The highest BCUT2D eigenvalue weighted by atomic mass is 79.9. The first-order valence-corrected chi connectivity index (χ1v) is 12.8. The Hall–Kier alpha value is -3.73. The second-order valence-electron chi connectivity index (χ2n) is 8.80. The minimum absolute atomic E-state index is 0.0276. The number of amides is 4. The number of hydrogen-bond donors (Lipinski definition) is 2. The van der Waals surface area contributed by atoms with Gasteiger partial charge in [0.25, 0.3) is 5.91 Å². The molecule has 2 aromatic rings. The van der Waals surface area contributed by atoms with E-state index in [0.717, 1.165) is 15.0 Å². The second-order valence-corrected chi connectivity index (χ2v) is 9.72. The normalized spacial score (nSPS) is 19.5. The van der Waals surface area contributed by atoms with Gasteiger partial charge in [0.05, 0.1) is 6.54 Å². The Morgan fingerprint density at radius 1 is 1.00 bits per heavy atom. The number of carbonyl (C=O) groups excluding carboxylic acids is 5. The van der Waals surface area contributed by atoms with E-state index in [4.69, 9.17) is 4.74 Å². The number of hydrazine groups is 1. The van der Waals surface area contributed by atoms with Crippen LogP contribution in [0.25, 0.3) is 0 Å². The first kappa shape index (κ1) is 26.3. The summed E-state index contributed by atoms with van der Waals surface area (Å²) in [5, 5.41) is 7.57. The third kappa shape index (κ3) is 6.53. The predicted octanol–water partition coefficient (Wildman–Crippen LogP) is 2.57. The molecule has 2 fully saturated rings. The lowest BCUT2D eigenvalue weighted by Gasteiger charge is -2.42. The van der Waals surface area contributed by atoms with Gasteiger partial charge in [0, 0.05) is 23.0 Å². The Labute approximate surface area is 222 Å². The number of fused-ring (bicyclic) bond motifs is 1. The number of nitrogens with zero attached hydrogens (tertiary/aromatic N) is 2. The molecule has 0 aliphatic carbocycles. The Morgan fingerprint density at radius 3 is 2.46 bits per heavy atom. The summed E-state index contributed by atoms with van der Waals surface area (Å²) in [6.07, 6.45) is 0.162. The first-order chi connectivity index (χ1) is 17.8. The number of rotatable bonds is 7. The predicted molar refractivity (Wildman–Crippen MR) is 136 cm³/mol. The largest absolute Gasteiger partial charge is 0.445 e. The Morgan fingerprint density at radius 2 is 1.73 bits per heavy atom. The summed E-state index contributed by atoms with van der Waals surface area (Å²) in [4.78, 5) is 64.2. The van der Waals surface area contributed by atoms with E-state index in [1.54, 1.807) is 36.4 Å². The zero-order valence-corrected chi connectivity index (χ0v) is 21.6. The maximum atomic E-state index is 13.5. The SMILES string of the molecule is O=C(N[C@H]1CCC(=O)N2CCC[C@@H](C(=O)NCC(=O)c3ccc(Br)cc3)N2C1=O)OCc1ccccc1. The summed E-state index contributed by atoms with van der Waals surface area (Å²) in [6.45, 7) is 0.0670. The number of halogens is 1. The number of alkyl carbamates (subject to hydrolysis) is 1. The van der Waals surface area contributed by atoms with Crippen LogP contribution in [0.3, 0.4) is 0 Å². The molecular weight excluding hydrogens is 544 g/mol. The molecule has 2 atom stereocenters. The molecule has 0 spiro atoms. The molecule has 2 heterocycles. The molecule has 2 saturated heterocycles. The Balaban J connectivity index is 1.41. The topological polar surface area (TPSA) is 125 Å². The van der Waals surface area contributed by atoms with Gasteiger partial charge in [0.2, 0.25) is 11.8 Å². The fourth-order valence-corrected chi connectivity index (χ4v) is 4.60. The number of ketones is 1. The van der Waals surface area contributed by atoms with Gasteiger partial charge < -0.3 is 15.4 Å². The van der Waals surface area contributed by atoms with Gasteiger partial charge in [0.1, 0.15) is 18.7 Å². The molecule has 2 aromatic carbocycles. The van der Waals surface area contributed by atoms with Gasteiger partial charge in [-0.05, 0) is 37.0 Å². The van der Waals surface area contributed by atoms with Gasteiger partial charge in [-0.3, -0.25) is 24.2 Å². The van der Waals surface area contributed by atoms with Crippen molar-refractivity contribution in [2.45, 2.75) is 44.4 Å². The fourth-order valence-electron chi connectivity index (χ4n) is 4.34. The molecule has 0 aromatic heterocycles. The molecule has 2 aliphatic heterocycles. The van der Waals surface area contributed by atoms with Crippen molar-refractivity contribution in [3.8, 4) is 0 Å². The minimum Gasteiger partial charge on any atom is -0.445 e. The average Bonchev–Trinajstić information content (AvgIpc) is 3.03. The molecule has 0 saturated carbocycles. The lowest BCUT2D eigenvalue weighted by molar-refractivity contribution is -0.176. The van der Waals surface area contributed by atoms with E-state index in [1.165, 1.54) is 5.01 Å². The maximum Gasteiger partial charge on any atom is 0.408 e. The standard InChI is InChI=1S/C26H27BrN4O6/c27-19-10-8-18(9-11-19)22(32)15-28-24(34)21-7-4-14-30-23(33)13-12-20(25(35)31(21)30)29-26(36)37-16-17-5-2-1-3-6-17/h1-3,5-6,8-11,20-21H,4,7,12-16H2,(H,28,34)(H,29,36)/t20-,21-/m0/s1.